The van der Waals surface area contributed by atoms with Gasteiger partial charge in [-0.25, -0.2) is 17.5 Å². The Labute approximate surface area is 128 Å². The molecule has 0 amide bonds. The number of guanidine groups is 1. The van der Waals surface area contributed by atoms with Crippen LogP contribution in [-0.4, -0.2) is 52.5 Å². The van der Waals surface area contributed by atoms with Crippen molar-refractivity contribution in [2.75, 3.05) is 33.2 Å². The zero-order chi connectivity index (χ0) is 15.5. The third-order valence-corrected chi connectivity index (χ3v) is 4.67. The van der Waals surface area contributed by atoms with Gasteiger partial charge in [-0.15, -0.1) is 0 Å². The Hall–Kier alpha value is -1.38. The predicted octanol–water partition coefficient (Wildman–Crippen LogP) is 0.648. The minimum Gasteiger partial charge on any atom is -0.355 e. The summed E-state index contributed by atoms with van der Waals surface area (Å²) in [7, 11) is -2.00. The molecule has 6 nitrogen and oxygen atoms in total. The van der Waals surface area contributed by atoms with Crippen LogP contribution in [0.25, 0.3) is 0 Å². The Kier molecular flexibility index (Phi) is 5.02. The number of nitrogens with zero attached hydrogens (tertiary/aromatic N) is 2. The van der Waals surface area contributed by atoms with Crippen molar-refractivity contribution in [1.82, 2.24) is 14.9 Å². The molecule has 0 unspecified atom stereocenters. The summed E-state index contributed by atoms with van der Waals surface area (Å²) in [4.78, 5) is 5.74. The molecule has 1 heterocycles. The summed E-state index contributed by atoms with van der Waals surface area (Å²) in [6.45, 7) is 2.04. The van der Waals surface area contributed by atoms with Crippen LogP contribution in [0.1, 0.15) is 0 Å². The normalized spacial score (nSPS) is 15.2. The second-order valence-electron chi connectivity index (χ2n) is 4.53. The van der Waals surface area contributed by atoms with Gasteiger partial charge < -0.3 is 10.2 Å². The SMILES string of the molecule is CN1CCN=C1NCCNS(=O)(=O)c1ccc(Cl)cc1F. The molecular weight excluding hydrogens is 319 g/mol. The Morgan fingerprint density at radius 2 is 2.19 bits per heavy atom. The van der Waals surface area contributed by atoms with E-state index in [4.69, 9.17) is 11.6 Å². The molecule has 116 valence electrons. The number of hydrogen-bond acceptors (Lipinski definition) is 5. The highest BCUT2D eigenvalue weighted by Crippen LogP contribution is 2.18. The number of likely N-dealkylation sites (N-methyl/N-ethyl adjacent to an activating group) is 1. The van der Waals surface area contributed by atoms with Crippen molar-refractivity contribution in [1.29, 1.82) is 0 Å². The van der Waals surface area contributed by atoms with Gasteiger partial charge in [0.1, 0.15) is 10.7 Å². The van der Waals surface area contributed by atoms with Crippen LogP contribution in [0.2, 0.25) is 5.02 Å². The first-order valence-corrected chi connectivity index (χ1v) is 8.20. The second kappa shape index (κ2) is 6.59. The van der Waals surface area contributed by atoms with E-state index in [9.17, 15) is 12.8 Å². The Morgan fingerprint density at radius 3 is 2.81 bits per heavy atom. The minimum atomic E-state index is -3.89. The van der Waals surface area contributed by atoms with Gasteiger partial charge in [0.15, 0.2) is 5.96 Å². The summed E-state index contributed by atoms with van der Waals surface area (Å²) in [5.74, 6) is -0.144. The van der Waals surface area contributed by atoms with Gasteiger partial charge in [0.2, 0.25) is 10.0 Å². The van der Waals surface area contributed by atoms with Crippen LogP contribution in [-0.2, 0) is 10.0 Å². The van der Waals surface area contributed by atoms with Gasteiger partial charge in [0.25, 0.3) is 0 Å². The summed E-state index contributed by atoms with van der Waals surface area (Å²) in [5.41, 5.74) is 0. The molecule has 2 N–H and O–H groups in total. The van der Waals surface area contributed by atoms with Gasteiger partial charge >= 0.3 is 0 Å². The first-order chi connectivity index (χ1) is 9.90. The minimum absolute atomic E-state index is 0.122. The van der Waals surface area contributed by atoms with E-state index < -0.39 is 20.7 Å². The molecule has 2 rings (SSSR count). The summed E-state index contributed by atoms with van der Waals surface area (Å²) >= 11 is 5.60. The maximum atomic E-state index is 13.6. The topological polar surface area (TPSA) is 73.8 Å². The molecule has 0 atom stereocenters. The molecule has 1 aliphatic heterocycles. The van der Waals surface area contributed by atoms with Crippen LogP contribution < -0.4 is 10.0 Å². The van der Waals surface area contributed by atoms with E-state index in [1.54, 1.807) is 0 Å². The molecule has 1 aromatic rings. The standard InChI is InChI=1S/C12H16ClFN4O2S/c1-18-7-6-16-12(18)15-4-5-17-21(19,20)11-3-2-9(13)8-10(11)14/h2-3,8,17H,4-7H2,1H3,(H,15,16). The third-order valence-electron chi connectivity index (χ3n) is 2.94. The molecule has 21 heavy (non-hydrogen) atoms. The Morgan fingerprint density at radius 1 is 1.43 bits per heavy atom. The van der Waals surface area contributed by atoms with Crippen molar-refractivity contribution in [2.45, 2.75) is 4.90 Å². The lowest BCUT2D eigenvalue weighted by molar-refractivity contribution is 0.532. The monoisotopic (exact) mass is 334 g/mol. The quantitative estimate of drug-likeness (QED) is 0.775. The largest absolute Gasteiger partial charge is 0.355 e. The highest BCUT2D eigenvalue weighted by molar-refractivity contribution is 7.89. The molecule has 0 fully saturated rings. The number of aliphatic imine (C=N–C) groups is 1. The van der Waals surface area contributed by atoms with Crippen molar-refractivity contribution in [3.63, 3.8) is 0 Å². The number of hydrogen-bond donors (Lipinski definition) is 2. The molecule has 9 heteroatoms. The summed E-state index contributed by atoms with van der Waals surface area (Å²) in [6, 6.07) is 3.44. The number of halogens is 2. The fourth-order valence-electron chi connectivity index (χ4n) is 1.85. The number of nitrogens with one attached hydrogen (secondary N) is 2. The number of sulfonamides is 1. The van der Waals surface area contributed by atoms with E-state index in [1.807, 2.05) is 11.9 Å². The van der Waals surface area contributed by atoms with E-state index in [0.29, 0.717) is 6.54 Å². The summed E-state index contributed by atoms with van der Waals surface area (Å²) in [6.07, 6.45) is 0. The number of benzene rings is 1. The molecule has 0 saturated carbocycles. The van der Waals surface area contributed by atoms with Crippen molar-refractivity contribution < 1.29 is 12.8 Å². The van der Waals surface area contributed by atoms with Crippen LogP contribution in [0, 0.1) is 5.82 Å². The van der Waals surface area contributed by atoms with Crippen LogP contribution >= 0.6 is 11.6 Å². The lowest BCUT2D eigenvalue weighted by atomic mass is 10.3. The van der Waals surface area contributed by atoms with Gasteiger partial charge in [0, 0.05) is 31.7 Å². The maximum absolute atomic E-state index is 13.6. The molecule has 0 bridgehead atoms. The van der Waals surface area contributed by atoms with Crippen LogP contribution in [0.5, 0.6) is 0 Å². The molecule has 1 aromatic carbocycles. The average Bonchev–Trinajstić information content (AvgIpc) is 2.80. The zero-order valence-corrected chi connectivity index (χ0v) is 13.0. The lowest BCUT2D eigenvalue weighted by Crippen LogP contribution is -2.40. The lowest BCUT2D eigenvalue weighted by Gasteiger charge is -2.15. The predicted molar refractivity (Wildman–Crippen MR) is 79.5 cm³/mol. The first-order valence-electron chi connectivity index (χ1n) is 6.34. The summed E-state index contributed by atoms with van der Waals surface area (Å²) in [5, 5.41) is 3.16. The van der Waals surface area contributed by atoms with Crippen molar-refractivity contribution in [3.8, 4) is 0 Å². The Balaban J connectivity index is 1.89. The molecule has 0 aromatic heterocycles. The maximum Gasteiger partial charge on any atom is 0.243 e. The second-order valence-corrected chi connectivity index (χ2v) is 6.70. The van der Waals surface area contributed by atoms with E-state index in [1.165, 1.54) is 6.07 Å². The molecule has 0 saturated heterocycles. The van der Waals surface area contributed by atoms with Gasteiger partial charge in [-0.05, 0) is 18.2 Å². The average molecular weight is 335 g/mol. The van der Waals surface area contributed by atoms with Crippen LogP contribution in [0.3, 0.4) is 0 Å². The fraction of sp³-hybridized carbons (Fsp3) is 0.417. The Bertz CT molecular complexity index is 651. The van der Waals surface area contributed by atoms with Crippen molar-refractivity contribution in [3.05, 3.63) is 29.0 Å². The molecule has 1 aliphatic rings. The highest BCUT2D eigenvalue weighted by atomic mass is 35.5. The molecular formula is C12H16ClFN4O2S. The molecule has 0 radical (unpaired) electrons. The van der Waals surface area contributed by atoms with Gasteiger partial charge in [-0.3, -0.25) is 4.99 Å². The van der Waals surface area contributed by atoms with Crippen molar-refractivity contribution in [2.24, 2.45) is 4.99 Å². The highest BCUT2D eigenvalue weighted by Gasteiger charge is 2.19. The summed E-state index contributed by atoms with van der Waals surface area (Å²) < 4.78 is 39.9. The van der Waals surface area contributed by atoms with Crippen LogP contribution in [0.4, 0.5) is 4.39 Å². The molecule has 0 spiro atoms. The van der Waals surface area contributed by atoms with E-state index >= 15 is 0 Å². The van der Waals surface area contributed by atoms with E-state index in [0.717, 1.165) is 31.2 Å². The zero-order valence-electron chi connectivity index (χ0n) is 11.4. The van der Waals surface area contributed by atoms with Crippen LogP contribution in [0.15, 0.2) is 28.1 Å². The smallest absolute Gasteiger partial charge is 0.243 e. The first kappa shape index (κ1) is 16.0. The van der Waals surface area contributed by atoms with Crippen molar-refractivity contribution >= 4 is 27.6 Å². The molecule has 0 aliphatic carbocycles. The van der Waals surface area contributed by atoms with Gasteiger partial charge in [0.05, 0.1) is 6.54 Å². The van der Waals surface area contributed by atoms with Gasteiger partial charge in [-0.2, -0.15) is 0 Å². The fourth-order valence-corrected chi connectivity index (χ4v) is 3.10. The van der Waals surface area contributed by atoms with E-state index in [-0.39, 0.29) is 11.6 Å². The number of rotatable bonds is 5. The third kappa shape index (κ3) is 4.05. The van der Waals surface area contributed by atoms with Gasteiger partial charge in [-0.1, -0.05) is 11.6 Å². The van der Waals surface area contributed by atoms with E-state index in [2.05, 4.69) is 15.0 Å².